The van der Waals surface area contributed by atoms with E-state index in [0.717, 1.165) is 5.56 Å². The molecule has 1 aliphatic heterocycles. The van der Waals surface area contributed by atoms with Gasteiger partial charge in [-0.15, -0.1) is 0 Å². The summed E-state index contributed by atoms with van der Waals surface area (Å²) in [5, 5.41) is 3.14. The standard InChI is InChI=1S/C18H16ClNO5/c1-11(25-18(22)13-3-2-4-14(19)8-13)17(21)20-9-12-5-6-15-16(7-12)24-10-23-15/h2-8,11H,9-10H2,1H3,(H,20,21). The summed E-state index contributed by atoms with van der Waals surface area (Å²) in [6, 6.07) is 11.8. The number of amides is 1. The highest BCUT2D eigenvalue weighted by Crippen LogP contribution is 2.32. The number of halogens is 1. The van der Waals surface area contributed by atoms with Crippen LogP contribution in [0.5, 0.6) is 11.5 Å². The molecule has 25 heavy (non-hydrogen) atoms. The first-order chi connectivity index (χ1) is 12.0. The van der Waals surface area contributed by atoms with Crippen LogP contribution in [0.25, 0.3) is 0 Å². The van der Waals surface area contributed by atoms with Gasteiger partial charge in [0.25, 0.3) is 5.91 Å². The third-order valence-corrected chi connectivity index (χ3v) is 3.85. The fourth-order valence-corrected chi connectivity index (χ4v) is 2.47. The third-order valence-electron chi connectivity index (χ3n) is 3.62. The maximum absolute atomic E-state index is 12.1. The number of esters is 1. The Morgan fingerprint density at radius 1 is 1.20 bits per heavy atom. The highest BCUT2D eigenvalue weighted by Gasteiger charge is 2.19. The Morgan fingerprint density at radius 2 is 2.00 bits per heavy atom. The van der Waals surface area contributed by atoms with Crippen LogP contribution >= 0.6 is 11.6 Å². The van der Waals surface area contributed by atoms with Crippen LogP contribution in [0.2, 0.25) is 5.02 Å². The Hall–Kier alpha value is -2.73. The Balaban J connectivity index is 1.53. The van der Waals surface area contributed by atoms with Crippen molar-refractivity contribution in [2.24, 2.45) is 0 Å². The lowest BCUT2D eigenvalue weighted by Gasteiger charge is -2.14. The lowest BCUT2D eigenvalue weighted by Crippen LogP contribution is -2.35. The average Bonchev–Trinajstić information content (AvgIpc) is 3.07. The molecule has 2 aromatic rings. The molecule has 1 N–H and O–H groups in total. The summed E-state index contributed by atoms with van der Waals surface area (Å²) in [5.74, 6) is 0.326. The van der Waals surface area contributed by atoms with Crippen molar-refractivity contribution in [1.29, 1.82) is 0 Å². The molecule has 1 amide bonds. The van der Waals surface area contributed by atoms with Crippen LogP contribution in [0.3, 0.4) is 0 Å². The van der Waals surface area contributed by atoms with Gasteiger partial charge in [-0.25, -0.2) is 4.79 Å². The Labute approximate surface area is 149 Å². The van der Waals surface area contributed by atoms with E-state index in [1.807, 2.05) is 6.07 Å². The maximum atomic E-state index is 12.1. The number of rotatable bonds is 5. The van der Waals surface area contributed by atoms with Gasteiger partial charge in [-0.1, -0.05) is 23.7 Å². The Morgan fingerprint density at radius 3 is 2.80 bits per heavy atom. The van der Waals surface area contributed by atoms with E-state index in [9.17, 15) is 9.59 Å². The molecule has 0 spiro atoms. The molecule has 130 valence electrons. The average molecular weight is 362 g/mol. The summed E-state index contributed by atoms with van der Waals surface area (Å²) in [6.45, 7) is 1.99. The summed E-state index contributed by atoms with van der Waals surface area (Å²) < 4.78 is 15.7. The minimum Gasteiger partial charge on any atom is -0.454 e. The smallest absolute Gasteiger partial charge is 0.338 e. The summed E-state index contributed by atoms with van der Waals surface area (Å²) in [6.07, 6.45) is -0.930. The first kappa shape index (κ1) is 17.1. The summed E-state index contributed by atoms with van der Waals surface area (Å²) in [7, 11) is 0. The molecule has 2 aromatic carbocycles. The van der Waals surface area contributed by atoms with Crippen LogP contribution in [0.4, 0.5) is 0 Å². The summed E-state index contributed by atoms with van der Waals surface area (Å²) in [4.78, 5) is 24.1. The van der Waals surface area contributed by atoms with Crippen molar-refractivity contribution in [3.63, 3.8) is 0 Å². The van der Waals surface area contributed by atoms with Crippen molar-refractivity contribution in [3.8, 4) is 11.5 Å². The highest BCUT2D eigenvalue weighted by molar-refractivity contribution is 6.30. The number of hydrogen-bond acceptors (Lipinski definition) is 5. The second-order valence-electron chi connectivity index (χ2n) is 5.46. The van der Waals surface area contributed by atoms with Gasteiger partial charge in [0.2, 0.25) is 6.79 Å². The zero-order chi connectivity index (χ0) is 17.8. The van der Waals surface area contributed by atoms with Gasteiger partial charge in [0.15, 0.2) is 17.6 Å². The normalized spacial score (nSPS) is 13.2. The van der Waals surface area contributed by atoms with Crippen LogP contribution in [0.1, 0.15) is 22.8 Å². The van der Waals surface area contributed by atoms with E-state index in [-0.39, 0.29) is 13.3 Å². The lowest BCUT2D eigenvalue weighted by molar-refractivity contribution is -0.129. The number of benzene rings is 2. The number of fused-ring (bicyclic) bond motifs is 1. The van der Waals surface area contributed by atoms with E-state index < -0.39 is 18.0 Å². The van der Waals surface area contributed by atoms with Gasteiger partial charge in [-0.2, -0.15) is 0 Å². The quantitative estimate of drug-likeness (QED) is 0.829. The number of carbonyl (C=O) groups excluding carboxylic acids is 2. The van der Waals surface area contributed by atoms with Crippen LogP contribution in [0.15, 0.2) is 42.5 Å². The van der Waals surface area contributed by atoms with Crippen molar-refractivity contribution < 1.29 is 23.8 Å². The number of carbonyl (C=O) groups is 2. The van der Waals surface area contributed by atoms with Crippen molar-refractivity contribution >= 4 is 23.5 Å². The van der Waals surface area contributed by atoms with E-state index in [0.29, 0.717) is 22.1 Å². The predicted molar refractivity (Wildman–Crippen MR) is 90.7 cm³/mol. The lowest BCUT2D eigenvalue weighted by atomic mass is 10.2. The molecule has 0 aliphatic carbocycles. The van der Waals surface area contributed by atoms with E-state index in [1.165, 1.54) is 13.0 Å². The second-order valence-corrected chi connectivity index (χ2v) is 5.90. The first-order valence-corrected chi connectivity index (χ1v) is 8.03. The van der Waals surface area contributed by atoms with Crippen LogP contribution in [0, 0.1) is 0 Å². The van der Waals surface area contributed by atoms with Gasteiger partial charge < -0.3 is 19.5 Å². The zero-order valence-electron chi connectivity index (χ0n) is 13.5. The molecule has 0 saturated carbocycles. The molecule has 1 heterocycles. The molecule has 7 heteroatoms. The van der Waals surface area contributed by atoms with E-state index in [2.05, 4.69) is 5.32 Å². The molecule has 1 atom stereocenters. The van der Waals surface area contributed by atoms with Gasteiger partial charge in [-0.05, 0) is 42.8 Å². The largest absolute Gasteiger partial charge is 0.454 e. The van der Waals surface area contributed by atoms with Crippen LogP contribution in [-0.4, -0.2) is 24.8 Å². The van der Waals surface area contributed by atoms with Gasteiger partial charge in [0, 0.05) is 11.6 Å². The molecular weight excluding hydrogens is 346 g/mol. The molecule has 0 fully saturated rings. The molecule has 1 aliphatic rings. The molecule has 1 unspecified atom stereocenters. The molecule has 3 rings (SSSR count). The third kappa shape index (κ3) is 4.22. The molecule has 6 nitrogen and oxygen atoms in total. The zero-order valence-corrected chi connectivity index (χ0v) is 14.2. The first-order valence-electron chi connectivity index (χ1n) is 7.66. The van der Waals surface area contributed by atoms with E-state index in [4.69, 9.17) is 25.8 Å². The van der Waals surface area contributed by atoms with Crippen molar-refractivity contribution in [1.82, 2.24) is 5.32 Å². The van der Waals surface area contributed by atoms with Crippen LogP contribution in [-0.2, 0) is 16.1 Å². The number of ether oxygens (including phenoxy) is 3. The number of nitrogens with one attached hydrogen (secondary N) is 1. The van der Waals surface area contributed by atoms with Crippen molar-refractivity contribution in [2.45, 2.75) is 19.6 Å². The minimum atomic E-state index is -0.930. The highest BCUT2D eigenvalue weighted by atomic mass is 35.5. The van der Waals surface area contributed by atoms with Crippen LogP contribution < -0.4 is 14.8 Å². The molecular formula is C18H16ClNO5. The maximum Gasteiger partial charge on any atom is 0.338 e. The molecule has 0 aromatic heterocycles. The fourth-order valence-electron chi connectivity index (χ4n) is 2.28. The second kappa shape index (κ2) is 7.44. The van der Waals surface area contributed by atoms with E-state index in [1.54, 1.807) is 30.3 Å². The predicted octanol–water partition coefficient (Wildman–Crippen LogP) is 2.93. The summed E-state index contributed by atoms with van der Waals surface area (Å²) in [5.41, 5.74) is 1.15. The Kier molecular flexibility index (Phi) is 5.09. The number of hydrogen-bond donors (Lipinski definition) is 1. The van der Waals surface area contributed by atoms with Crippen molar-refractivity contribution in [3.05, 3.63) is 58.6 Å². The van der Waals surface area contributed by atoms with Gasteiger partial charge in [0.1, 0.15) is 0 Å². The molecule has 0 radical (unpaired) electrons. The SMILES string of the molecule is CC(OC(=O)c1cccc(Cl)c1)C(=O)NCc1ccc2c(c1)OCO2. The Bertz CT molecular complexity index is 808. The summed E-state index contributed by atoms with van der Waals surface area (Å²) >= 11 is 5.84. The minimum absolute atomic E-state index is 0.196. The fraction of sp³-hybridized carbons (Fsp3) is 0.222. The molecule has 0 saturated heterocycles. The molecule has 0 bridgehead atoms. The van der Waals surface area contributed by atoms with Gasteiger partial charge >= 0.3 is 5.97 Å². The van der Waals surface area contributed by atoms with Gasteiger partial charge in [0.05, 0.1) is 5.56 Å². The van der Waals surface area contributed by atoms with Gasteiger partial charge in [-0.3, -0.25) is 4.79 Å². The van der Waals surface area contributed by atoms with E-state index >= 15 is 0 Å². The topological polar surface area (TPSA) is 73.9 Å². The monoisotopic (exact) mass is 361 g/mol. The van der Waals surface area contributed by atoms with Crippen molar-refractivity contribution in [2.75, 3.05) is 6.79 Å².